The maximum atomic E-state index is 13.5. The van der Waals surface area contributed by atoms with Crippen LogP contribution >= 0.6 is 11.6 Å². The molecule has 34 heavy (non-hydrogen) atoms. The maximum absolute atomic E-state index is 13.5. The van der Waals surface area contributed by atoms with Crippen LogP contribution in [0.25, 0.3) is 5.69 Å². The topological polar surface area (TPSA) is 93.5 Å². The highest BCUT2D eigenvalue weighted by molar-refractivity contribution is 6.30. The molecule has 9 heteroatoms. The smallest absolute Gasteiger partial charge is 0.251 e. The summed E-state index contributed by atoms with van der Waals surface area (Å²) in [5.41, 5.74) is 2.09. The second-order valence-electron chi connectivity index (χ2n) is 8.44. The Morgan fingerprint density at radius 2 is 1.91 bits per heavy atom. The van der Waals surface area contributed by atoms with Crippen molar-refractivity contribution in [3.8, 4) is 5.69 Å². The molecule has 3 unspecified atom stereocenters. The molecule has 2 saturated heterocycles. The molecule has 5 rings (SSSR count). The second-order valence-corrected chi connectivity index (χ2v) is 8.87. The van der Waals surface area contributed by atoms with Gasteiger partial charge >= 0.3 is 0 Å². The molecule has 2 aliphatic rings. The summed E-state index contributed by atoms with van der Waals surface area (Å²) in [6.07, 6.45) is 4.11. The van der Waals surface area contributed by atoms with Crippen LogP contribution in [0.3, 0.4) is 0 Å². The van der Waals surface area contributed by atoms with Crippen LogP contribution in [-0.2, 0) is 20.7 Å². The molecule has 2 aromatic carbocycles. The van der Waals surface area contributed by atoms with E-state index in [1.165, 1.54) is 0 Å². The molecular weight excluding hydrogens is 456 g/mol. The second kappa shape index (κ2) is 9.40. The van der Waals surface area contributed by atoms with Crippen molar-refractivity contribution in [3.05, 3.63) is 83.1 Å². The number of halogens is 1. The summed E-state index contributed by atoms with van der Waals surface area (Å²) in [6, 6.07) is 14.5. The van der Waals surface area contributed by atoms with Crippen LogP contribution in [0.5, 0.6) is 0 Å². The third-order valence-electron chi connectivity index (χ3n) is 6.25. The standard InChI is InChI=1S/C25H23ClN4O4/c26-18-6-2-16(3-7-18)14-20(25(33)29-13-10-22-23(29)21(31)15-34-22)28-24(32)17-4-8-19(9-5-17)30-12-1-11-27-30/h1-9,11-12,20,22-23H,10,13-15H2,(H,28,32). The van der Waals surface area contributed by atoms with Crippen molar-refractivity contribution in [1.29, 1.82) is 0 Å². The average Bonchev–Trinajstić information content (AvgIpc) is 3.60. The number of rotatable bonds is 6. The van der Waals surface area contributed by atoms with Gasteiger partial charge in [-0.2, -0.15) is 5.10 Å². The van der Waals surface area contributed by atoms with Crippen molar-refractivity contribution in [3.63, 3.8) is 0 Å². The quantitative estimate of drug-likeness (QED) is 0.587. The Morgan fingerprint density at radius 1 is 1.15 bits per heavy atom. The third kappa shape index (κ3) is 4.47. The minimum absolute atomic E-state index is 0.0237. The van der Waals surface area contributed by atoms with E-state index in [-0.39, 0.29) is 36.7 Å². The fraction of sp³-hybridized carbons (Fsp3) is 0.280. The van der Waals surface area contributed by atoms with Gasteiger partial charge in [0.1, 0.15) is 18.7 Å². The van der Waals surface area contributed by atoms with Crippen LogP contribution in [0.1, 0.15) is 22.3 Å². The van der Waals surface area contributed by atoms with Crippen molar-refractivity contribution in [2.45, 2.75) is 31.0 Å². The normalized spacial score (nSPS) is 20.3. The number of likely N-dealkylation sites (tertiary alicyclic amines) is 1. The van der Waals surface area contributed by atoms with E-state index in [0.29, 0.717) is 23.6 Å². The molecule has 2 fully saturated rings. The van der Waals surface area contributed by atoms with Crippen molar-refractivity contribution in [2.75, 3.05) is 13.2 Å². The lowest BCUT2D eigenvalue weighted by Crippen LogP contribution is -2.53. The van der Waals surface area contributed by atoms with Crippen LogP contribution in [0.2, 0.25) is 5.02 Å². The number of Topliss-reactive ketones (excluding diaryl/α,β-unsaturated/α-hetero) is 1. The minimum Gasteiger partial charge on any atom is -0.368 e. The summed E-state index contributed by atoms with van der Waals surface area (Å²) in [5.74, 6) is -0.756. The zero-order valence-corrected chi connectivity index (χ0v) is 19.0. The molecule has 1 aromatic heterocycles. The predicted molar refractivity (Wildman–Crippen MR) is 125 cm³/mol. The van der Waals surface area contributed by atoms with Gasteiger partial charge in [0, 0.05) is 35.9 Å². The van der Waals surface area contributed by atoms with Gasteiger partial charge in [-0.3, -0.25) is 14.4 Å². The highest BCUT2D eigenvalue weighted by atomic mass is 35.5. The van der Waals surface area contributed by atoms with Gasteiger partial charge in [0.05, 0.1) is 11.8 Å². The van der Waals surface area contributed by atoms with Gasteiger partial charge in [-0.25, -0.2) is 4.68 Å². The number of benzene rings is 2. The zero-order chi connectivity index (χ0) is 23.7. The van der Waals surface area contributed by atoms with Crippen molar-refractivity contribution in [1.82, 2.24) is 20.0 Å². The van der Waals surface area contributed by atoms with E-state index in [4.69, 9.17) is 16.3 Å². The van der Waals surface area contributed by atoms with Crippen molar-refractivity contribution in [2.24, 2.45) is 0 Å². The van der Waals surface area contributed by atoms with Crippen LogP contribution in [0, 0.1) is 0 Å². The highest BCUT2D eigenvalue weighted by Crippen LogP contribution is 2.28. The molecule has 2 amide bonds. The van der Waals surface area contributed by atoms with E-state index in [1.54, 1.807) is 52.2 Å². The number of hydrogen-bond acceptors (Lipinski definition) is 5. The zero-order valence-electron chi connectivity index (χ0n) is 18.3. The van der Waals surface area contributed by atoms with Crippen molar-refractivity contribution >= 4 is 29.2 Å². The Kier molecular flexibility index (Phi) is 6.17. The number of hydrogen-bond donors (Lipinski definition) is 1. The molecule has 0 radical (unpaired) electrons. The SMILES string of the molecule is O=C(NC(Cc1ccc(Cl)cc1)C(=O)N1CCC2OCC(=O)C21)c1ccc(-n2cccn2)cc1. The molecule has 3 atom stereocenters. The lowest BCUT2D eigenvalue weighted by atomic mass is 10.0. The average molecular weight is 479 g/mol. The largest absolute Gasteiger partial charge is 0.368 e. The molecule has 8 nitrogen and oxygen atoms in total. The van der Waals surface area contributed by atoms with Crippen LogP contribution < -0.4 is 5.32 Å². The summed E-state index contributed by atoms with van der Waals surface area (Å²) in [4.78, 5) is 40.5. The first-order valence-corrected chi connectivity index (χ1v) is 11.5. The number of nitrogens with zero attached hydrogens (tertiary/aromatic N) is 3. The van der Waals surface area contributed by atoms with Crippen LogP contribution in [0.15, 0.2) is 67.0 Å². The summed E-state index contributed by atoms with van der Waals surface area (Å²) in [7, 11) is 0. The van der Waals surface area contributed by atoms with Crippen LogP contribution in [0.4, 0.5) is 0 Å². The van der Waals surface area contributed by atoms with E-state index in [2.05, 4.69) is 10.4 Å². The van der Waals surface area contributed by atoms with Gasteiger partial charge in [0.25, 0.3) is 5.91 Å². The summed E-state index contributed by atoms with van der Waals surface area (Å²) >= 11 is 6.00. The molecule has 3 aromatic rings. The van der Waals surface area contributed by atoms with Crippen LogP contribution in [-0.4, -0.2) is 63.6 Å². The Balaban J connectivity index is 1.36. The molecule has 0 aliphatic carbocycles. The minimum atomic E-state index is -0.841. The Morgan fingerprint density at radius 3 is 2.62 bits per heavy atom. The monoisotopic (exact) mass is 478 g/mol. The van der Waals surface area contributed by atoms with Gasteiger partial charge in [-0.15, -0.1) is 0 Å². The molecule has 0 spiro atoms. The first kappa shape index (κ1) is 22.3. The number of carbonyl (C=O) groups is 3. The number of ketones is 1. The Bertz CT molecular complexity index is 1190. The first-order chi connectivity index (χ1) is 16.5. The molecule has 0 bridgehead atoms. The van der Waals surface area contributed by atoms with E-state index in [1.807, 2.05) is 24.4 Å². The number of ether oxygens (including phenoxy) is 1. The Hall–Kier alpha value is -3.49. The van der Waals surface area contributed by atoms with Gasteiger partial charge < -0.3 is 15.0 Å². The molecular formula is C25H23ClN4O4. The van der Waals surface area contributed by atoms with Gasteiger partial charge in [-0.05, 0) is 54.4 Å². The van der Waals surface area contributed by atoms with E-state index >= 15 is 0 Å². The predicted octanol–water partition coefficient (Wildman–Crippen LogP) is 2.44. The Labute approximate surface area is 201 Å². The lowest BCUT2D eigenvalue weighted by molar-refractivity contribution is -0.138. The number of carbonyl (C=O) groups excluding carboxylic acids is 3. The first-order valence-electron chi connectivity index (χ1n) is 11.1. The highest BCUT2D eigenvalue weighted by Gasteiger charge is 2.48. The van der Waals surface area contributed by atoms with E-state index in [0.717, 1.165) is 11.3 Å². The number of amides is 2. The molecule has 3 heterocycles. The molecule has 2 aliphatic heterocycles. The molecule has 174 valence electrons. The number of nitrogens with one attached hydrogen (secondary N) is 1. The lowest BCUT2D eigenvalue weighted by Gasteiger charge is -2.27. The summed E-state index contributed by atoms with van der Waals surface area (Å²) < 4.78 is 7.21. The fourth-order valence-corrected chi connectivity index (χ4v) is 4.65. The number of aromatic nitrogens is 2. The van der Waals surface area contributed by atoms with E-state index in [9.17, 15) is 14.4 Å². The maximum Gasteiger partial charge on any atom is 0.251 e. The number of fused-ring (bicyclic) bond motifs is 1. The van der Waals surface area contributed by atoms with E-state index < -0.39 is 12.1 Å². The summed E-state index contributed by atoms with van der Waals surface area (Å²) in [5, 5.41) is 7.65. The van der Waals surface area contributed by atoms with Gasteiger partial charge in [0.15, 0.2) is 5.78 Å². The molecule has 0 saturated carbocycles. The summed E-state index contributed by atoms with van der Waals surface area (Å²) in [6.45, 7) is 0.446. The van der Waals surface area contributed by atoms with Crippen molar-refractivity contribution < 1.29 is 19.1 Å². The third-order valence-corrected chi connectivity index (χ3v) is 6.50. The fourth-order valence-electron chi connectivity index (χ4n) is 4.53. The van der Waals surface area contributed by atoms with Gasteiger partial charge in [0.2, 0.25) is 5.91 Å². The molecule has 1 N–H and O–H groups in total. The van der Waals surface area contributed by atoms with Gasteiger partial charge in [-0.1, -0.05) is 23.7 Å².